The van der Waals surface area contributed by atoms with E-state index in [0.29, 0.717) is 12.0 Å². The first-order valence-electron chi connectivity index (χ1n) is 6.43. The normalized spacial score (nSPS) is 32.8. The molecule has 1 saturated carbocycles. The Morgan fingerprint density at radius 3 is 2.84 bits per heavy atom. The van der Waals surface area contributed by atoms with Crippen LogP contribution in [0.15, 0.2) is 18.2 Å². The third kappa shape index (κ3) is 1.61. The lowest BCUT2D eigenvalue weighted by atomic mass is 9.65. The predicted molar refractivity (Wildman–Crippen MR) is 68.1 cm³/mol. The second kappa shape index (κ2) is 3.87. The van der Waals surface area contributed by atoms with Gasteiger partial charge in [0.15, 0.2) is 5.78 Å². The number of carbonyl (C=O) groups excluding carboxylic acids is 1. The van der Waals surface area contributed by atoms with Crippen LogP contribution in [0.5, 0.6) is 0 Å². The number of nitrogens with zero attached hydrogens (tertiary/aromatic N) is 1. The number of hydrogen-bond acceptors (Lipinski definition) is 4. The van der Waals surface area contributed by atoms with E-state index >= 15 is 0 Å². The van der Waals surface area contributed by atoms with Crippen LogP contribution in [-0.4, -0.2) is 21.9 Å². The van der Waals surface area contributed by atoms with Crippen molar-refractivity contribution >= 4 is 11.5 Å². The monoisotopic (exact) mass is 261 g/mol. The summed E-state index contributed by atoms with van der Waals surface area (Å²) in [5.74, 6) is 0.0226. The van der Waals surface area contributed by atoms with Crippen molar-refractivity contribution in [3.63, 3.8) is 0 Å². The smallest absolute Gasteiger partial charge is 0.270 e. The fraction of sp³-hybridized carbons (Fsp3) is 0.500. The van der Waals surface area contributed by atoms with Crippen LogP contribution in [0.2, 0.25) is 0 Å². The quantitative estimate of drug-likeness (QED) is 0.622. The molecule has 1 aromatic rings. The maximum absolute atomic E-state index is 12.2. The molecular formula is C14H15NO4. The zero-order valence-electron chi connectivity index (χ0n) is 10.6. The molecule has 0 unspecified atom stereocenters. The zero-order chi connectivity index (χ0) is 13.8. The number of nitro benzene ring substituents is 1. The van der Waals surface area contributed by atoms with Crippen LogP contribution in [-0.2, 0) is 0 Å². The summed E-state index contributed by atoms with van der Waals surface area (Å²) in [6.45, 7) is 1.94. The Kier molecular flexibility index (Phi) is 2.50. The Bertz CT molecular complexity index is 583. The summed E-state index contributed by atoms with van der Waals surface area (Å²) < 4.78 is 0. The lowest BCUT2D eigenvalue weighted by Crippen LogP contribution is -2.38. The molecule has 0 heterocycles. The van der Waals surface area contributed by atoms with Crippen LogP contribution in [0, 0.1) is 15.5 Å². The number of rotatable bonds is 1. The van der Waals surface area contributed by atoms with Crippen molar-refractivity contribution in [2.75, 3.05) is 0 Å². The summed E-state index contributed by atoms with van der Waals surface area (Å²) in [4.78, 5) is 22.5. The molecule has 3 rings (SSSR count). The first kappa shape index (κ1) is 12.3. The molecule has 0 aliphatic heterocycles. The fourth-order valence-electron chi connectivity index (χ4n) is 3.61. The molecule has 1 N–H and O–H groups in total. The van der Waals surface area contributed by atoms with Crippen LogP contribution in [0.4, 0.5) is 5.69 Å². The van der Waals surface area contributed by atoms with Crippen LogP contribution in [0.25, 0.3) is 0 Å². The Hall–Kier alpha value is -1.75. The van der Waals surface area contributed by atoms with E-state index in [9.17, 15) is 20.0 Å². The van der Waals surface area contributed by atoms with Gasteiger partial charge in [0.05, 0.1) is 11.0 Å². The van der Waals surface area contributed by atoms with Gasteiger partial charge < -0.3 is 5.11 Å². The van der Waals surface area contributed by atoms with Gasteiger partial charge in [-0.15, -0.1) is 0 Å². The highest BCUT2D eigenvalue weighted by atomic mass is 16.6. The Balaban J connectivity index is 2.14. The van der Waals surface area contributed by atoms with Gasteiger partial charge >= 0.3 is 0 Å². The van der Waals surface area contributed by atoms with Gasteiger partial charge in [-0.1, -0.05) is 13.0 Å². The average Bonchev–Trinajstić information content (AvgIpc) is 2.65. The molecule has 0 spiro atoms. The topological polar surface area (TPSA) is 80.4 Å². The number of non-ortho nitro benzene ring substituents is 1. The second-order valence-electron chi connectivity index (χ2n) is 5.78. The van der Waals surface area contributed by atoms with E-state index in [1.54, 1.807) is 6.07 Å². The van der Waals surface area contributed by atoms with Crippen molar-refractivity contribution in [1.82, 2.24) is 0 Å². The summed E-state index contributed by atoms with van der Waals surface area (Å²) in [5.41, 5.74) is 0.862. The highest BCUT2D eigenvalue weighted by Crippen LogP contribution is 2.55. The van der Waals surface area contributed by atoms with Crippen molar-refractivity contribution in [1.29, 1.82) is 0 Å². The molecule has 0 amide bonds. The lowest BCUT2D eigenvalue weighted by molar-refractivity contribution is -0.384. The number of Topliss-reactive ketones (excluding diaryl/α,β-unsaturated/α-hetero) is 1. The van der Waals surface area contributed by atoms with E-state index in [1.165, 1.54) is 12.1 Å². The van der Waals surface area contributed by atoms with E-state index in [2.05, 4.69) is 0 Å². The minimum Gasteiger partial charge on any atom is -0.393 e. The predicted octanol–water partition coefficient (Wildman–Crippen LogP) is 2.43. The molecule has 0 radical (unpaired) electrons. The molecule has 0 aromatic heterocycles. The molecular weight excluding hydrogens is 246 g/mol. The van der Waals surface area contributed by atoms with Crippen molar-refractivity contribution in [3.8, 4) is 0 Å². The molecule has 1 aromatic carbocycles. The van der Waals surface area contributed by atoms with Gasteiger partial charge in [-0.2, -0.15) is 0 Å². The molecule has 1 fully saturated rings. The highest BCUT2D eigenvalue weighted by molar-refractivity contribution is 6.00. The third-order valence-corrected chi connectivity index (χ3v) is 4.75. The third-order valence-electron chi connectivity index (χ3n) is 4.75. The number of carbonyl (C=O) groups is 1. The van der Waals surface area contributed by atoms with E-state index < -0.39 is 16.4 Å². The molecule has 19 heavy (non-hydrogen) atoms. The number of hydrogen-bond donors (Lipinski definition) is 1. The van der Waals surface area contributed by atoms with Crippen LogP contribution >= 0.6 is 0 Å². The van der Waals surface area contributed by atoms with E-state index in [4.69, 9.17) is 0 Å². The van der Waals surface area contributed by atoms with Crippen molar-refractivity contribution < 1.29 is 14.8 Å². The summed E-state index contributed by atoms with van der Waals surface area (Å²) in [6.07, 6.45) is 1.32. The van der Waals surface area contributed by atoms with E-state index in [-0.39, 0.29) is 23.8 Å². The number of fused-ring (bicyclic) bond motifs is 3. The maximum Gasteiger partial charge on any atom is 0.270 e. The van der Waals surface area contributed by atoms with Crippen LogP contribution < -0.4 is 0 Å². The van der Waals surface area contributed by atoms with Crippen molar-refractivity contribution in [3.05, 3.63) is 39.4 Å². The summed E-state index contributed by atoms with van der Waals surface area (Å²) in [7, 11) is 0. The van der Waals surface area contributed by atoms with Crippen LogP contribution in [0.3, 0.4) is 0 Å². The molecule has 3 atom stereocenters. The molecule has 0 bridgehead atoms. The number of ketones is 1. The van der Waals surface area contributed by atoms with E-state index in [1.807, 2.05) is 6.92 Å². The molecule has 5 nitrogen and oxygen atoms in total. The van der Waals surface area contributed by atoms with Gasteiger partial charge in [-0.25, -0.2) is 0 Å². The van der Waals surface area contributed by atoms with Crippen molar-refractivity contribution in [2.45, 2.75) is 38.2 Å². The Morgan fingerprint density at radius 1 is 1.42 bits per heavy atom. The first-order valence-corrected chi connectivity index (χ1v) is 6.43. The lowest BCUT2D eigenvalue weighted by Gasteiger charge is -2.38. The molecule has 0 saturated heterocycles. The zero-order valence-corrected chi connectivity index (χ0v) is 10.6. The average molecular weight is 261 g/mol. The minimum absolute atomic E-state index is 0.0470. The van der Waals surface area contributed by atoms with Gasteiger partial charge in [0.1, 0.15) is 0 Å². The van der Waals surface area contributed by atoms with Crippen molar-refractivity contribution in [2.24, 2.45) is 5.41 Å². The summed E-state index contributed by atoms with van der Waals surface area (Å²) in [6, 6.07) is 4.51. The van der Waals surface area contributed by atoms with Gasteiger partial charge in [0, 0.05) is 29.5 Å². The Labute approximate surface area is 110 Å². The number of benzene rings is 1. The minimum atomic E-state index is -0.481. The Morgan fingerprint density at radius 2 is 2.16 bits per heavy atom. The van der Waals surface area contributed by atoms with Gasteiger partial charge in [0.2, 0.25) is 0 Å². The number of aliphatic hydroxyl groups is 1. The maximum atomic E-state index is 12.2. The van der Waals surface area contributed by atoms with Gasteiger partial charge in [-0.05, 0) is 24.3 Å². The standard InChI is InChI=1S/C14H15NO4/c1-14-7-12(16)10-6-8(15(18)19)2-3-9(10)11(14)4-5-13(14)17/h2-3,6,11,13,17H,4-5,7H2,1H3/t11-,13-,14-/m0/s1. The second-order valence-corrected chi connectivity index (χ2v) is 5.78. The molecule has 2 aliphatic rings. The highest BCUT2D eigenvalue weighted by Gasteiger charge is 2.51. The number of aliphatic hydroxyl groups excluding tert-OH is 1. The molecule has 2 aliphatic carbocycles. The van der Waals surface area contributed by atoms with Gasteiger partial charge in [-0.3, -0.25) is 14.9 Å². The van der Waals surface area contributed by atoms with E-state index in [0.717, 1.165) is 12.0 Å². The fourth-order valence-corrected chi connectivity index (χ4v) is 3.61. The van der Waals surface area contributed by atoms with Gasteiger partial charge in [0.25, 0.3) is 5.69 Å². The molecule has 5 heteroatoms. The first-order chi connectivity index (χ1) is 8.93. The summed E-state index contributed by atoms with van der Waals surface area (Å²) in [5, 5.41) is 20.9. The number of nitro groups is 1. The summed E-state index contributed by atoms with van der Waals surface area (Å²) >= 11 is 0. The SMILES string of the molecule is C[C@]12CC(=O)c3cc([N+](=O)[O-])ccc3[C@@H]1CC[C@@H]2O. The molecule has 100 valence electrons. The van der Waals surface area contributed by atoms with Crippen LogP contribution in [0.1, 0.15) is 48.0 Å². The largest absolute Gasteiger partial charge is 0.393 e.